The van der Waals surface area contributed by atoms with E-state index in [0.29, 0.717) is 22.7 Å². The van der Waals surface area contributed by atoms with Crippen LogP contribution in [0.4, 0.5) is 11.4 Å². The molecule has 2 heterocycles. The summed E-state index contributed by atoms with van der Waals surface area (Å²) in [6.45, 7) is 1.72. The van der Waals surface area contributed by atoms with Gasteiger partial charge in [-0.05, 0) is 55.0 Å². The molecule has 0 saturated carbocycles. The number of nitrogens with one attached hydrogen (secondary N) is 1. The third-order valence-electron chi connectivity index (χ3n) is 6.25. The minimum Gasteiger partial charge on any atom is -0.476 e. The molecule has 1 amide bonds. The van der Waals surface area contributed by atoms with Crippen molar-refractivity contribution in [3.05, 3.63) is 96.6 Å². The molecule has 7 nitrogen and oxygen atoms in total. The predicted octanol–water partition coefficient (Wildman–Crippen LogP) is 5.49. The third-order valence-corrected chi connectivity index (χ3v) is 8.05. The highest BCUT2D eigenvalue weighted by molar-refractivity contribution is 7.92. The number of ether oxygens (including phenoxy) is 1. The largest absolute Gasteiger partial charge is 0.476 e. The van der Waals surface area contributed by atoms with Crippen molar-refractivity contribution in [3.63, 3.8) is 0 Å². The second-order valence-corrected chi connectivity index (χ2v) is 10.6. The Bertz CT molecular complexity index is 1730. The number of anilines is 2. The lowest BCUT2D eigenvalue weighted by Gasteiger charge is -2.35. The zero-order chi connectivity index (χ0) is 24.9. The van der Waals surface area contributed by atoms with Crippen LogP contribution >= 0.6 is 0 Å². The topological polar surface area (TPSA) is 88.8 Å². The molecular formula is C28H22N2O5S. The number of para-hydroxylation sites is 1. The quantitative estimate of drug-likeness (QED) is 0.354. The van der Waals surface area contributed by atoms with E-state index in [1.165, 1.54) is 16.4 Å². The van der Waals surface area contributed by atoms with Crippen LogP contribution in [0.25, 0.3) is 21.9 Å². The Morgan fingerprint density at radius 2 is 1.64 bits per heavy atom. The number of carbonyl (C=O) groups excluding carboxylic acids is 1. The number of carbonyl (C=O) groups is 1. The highest BCUT2D eigenvalue weighted by Gasteiger charge is 2.37. The molecular weight excluding hydrogens is 476 g/mol. The Morgan fingerprint density at radius 1 is 0.889 bits per heavy atom. The maximum atomic E-state index is 13.5. The molecule has 6 rings (SSSR count). The summed E-state index contributed by atoms with van der Waals surface area (Å²) in [5.74, 6) is -0.112. The molecule has 1 aliphatic heterocycles. The molecule has 36 heavy (non-hydrogen) atoms. The van der Waals surface area contributed by atoms with Gasteiger partial charge in [-0.2, -0.15) is 0 Å². The fourth-order valence-electron chi connectivity index (χ4n) is 4.47. The van der Waals surface area contributed by atoms with Crippen LogP contribution < -0.4 is 14.4 Å². The second-order valence-electron chi connectivity index (χ2n) is 8.73. The van der Waals surface area contributed by atoms with Gasteiger partial charge in [-0.25, -0.2) is 8.42 Å². The summed E-state index contributed by atoms with van der Waals surface area (Å²) in [6, 6.07) is 26.6. The summed E-state index contributed by atoms with van der Waals surface area (Å²) in [5, 5.41) is 4.80. The Balaban J connectivity index is 1.32. The Kier molecular flexibility index (Phi) is 5.19. The van der Waals surface area contributed by atoms with Gasteiger partial charge in [0.25, 0.3) is 15.9 Å². The van der Waals surface area contributed by atoms with Crippen LogP contribution in [0.5, 0.6) is 5.75 Å². The number of nitrogens with zero attached hydrogens (tertiary/aromatic N) is 1. The molecule has 0 fully saturated rings. The van der Waals surface area contributed by atoms with E-state index in [-0.39, 0.29) is 11.4 Å². The van der Waals surface area contributed by atoms with E-state index in [1.54, 1.807) is 42.5 Å². The van der Waals surface area contributed by atoms with Gasteiger partial charge < -0.3 is 14.5 Å². The molecule has 0 spiro atoms. The van der Waals surface area contributed by atoms with Gasteiger partial charge in [-0.3, -0.25) is 9.10 Å². The molecule has 0 saturated heterocycles. The number of fused-ring (bicyclic) bond motifs is 4. The minimum atomic E-state index is -3.91. The lowest BCUT2D eigenvalue weighted by atomic mass is 10.1. The lowest BCUT2D eigenvalue weighted by molar-refractivity contribution is -0.122. The van der Waals surface area contributed by atoms with Gasteiger partial charge in [0, 0.05) is 22.5 Å². The van der Waals surface area contributed by atoms with Gasteiger partial charge in [0.1, 0.15) is 16.9 Å². The first kappa shape index (κ1) is 22.2. The minimum absolute atomic E-state index is 0.146. The number of hydrogen-bond acceptors (Lipinski definition) is 5. The fraction of sp³-hybridized carbons (Fsp3) is 0.107. The molecule has 0 aliphatic carbocycles. The normalized spacial score (nSPS) is 15.5. The molecule has 180 valence electrons. The maximum absolute atomic E-state index is 13.5. The first-order valence-corrected chi connectivity index (χ1v) is 12.9. The molecule has 1 atom stereocenters. The van der Waals surface area contributed by atoms with Crippen molar-refractivity contribution in [2.75, 3.05) is 16.2 Å². The van der Waals surface area contributed by atoms with Gasteiger partial charge in [0.15, 0.2) is 6.10 Å². The van der Waals surface area contributed by atoms with Crippen LogP contribution in [0.1, 0.15) is 5.56 Å². The molecule has 4 aromatic carbocycles. The number of aryl methyl sites for hydroxylation is 1. The van der Waals surface area contributed by atoms with E-state index in [4.69, 9.17) is 9.15 Å². The van der Waals surface area contributed by atoms with E-state index >= 15 is 0 Å². The number of furan rings is 1. The predicted molar refractivity (Wildman–Crippen MR) is 139 cm³/mol. The van der Waals surface area contributed by atoms with Crippen molar-refractivity contribution in [2.45, 2.75) is 17.9 Å². The summed E-state index contributed by atoms with van der Waals surface area (Å²) in [5.41, 5.74) is 3.23. The van der Waals surface area contributed by atoms with Gasteiger partial charge in [0.05, 0.1) is 17.1 Å². The van der Waals surface area contributed by atoms with Crippen molar-refractivity contribution in [1.29, 1.82) is 0 Å². The average Bonchev–Trinajstić information content (AvgIpc) is 3.26. The smallest absolute Gasteiger partial charge is 0.267 e. The van der Waals surface area contributed by atoms with Crippen molar-refractivity contribution < 1.29 is 22.4 Å². The first-order chi connectivity index (χ1) is 17.4. The van der Waals surface area contributed by atoms with Crippen LogP contribution in [0.2, 0.25) is 0 Å². The summed E-state index contributed by atoms with van der Waals surface area (Å²) in [7, 11) is -3.91. The summed E-state index contributed by atoms with van der Waals surface area (Å²) >= 11 is 0. The van der Waals surface area contributed by atoms with Crippen LogP contribution in [0.3, 0.4) is 0 Å². The van der Waals surface area contributed by atoms with Gasteiger partial charge >= 0.3 is 0 Å². The number of amides is 1. The standard InChI is InChI=1S/C28H22N2O5S/c1-18-11-14-23-26(15-18)35-27(17-30(23)36(32,33)20-7-3-2-4-8-20)28(31)29-19-12-13-22-21-9-5-6-10-24(21)34-25(22)16-19/h2-16,27H,17H2,1H3,(H,29,31)/t27-/m1/s1. The molecule has 1 aromatic heterocycles. The van der Waals surface area contributed by atoms with Crippen LogP contribution in [0, 0.1) is 6.92 Å². The highest BCUT2D eigenvalue weighted by atomic mass is 32.2. The molecule has 0 radical (unpaired) electrons. The van der Waals surface area contributed by atoms with E-state index in [1.807, 2.05) is 43.3 Å². The van der Waals surface area contributed by atoms with Crippen molar-refractivity contribution in [3.8, 4) is 5.75 Å². The summed E-state index contributed by atoms with van der Waals surface area (Å²) in [4.78, 5) is 13.4. The van der Waals surface area contributed by atoms with Gasteiger partial charge in [-0.1, -0.05) is 42.5 Å². The fourth-order valence-corrected chi connectivity index (χ4v) is 5.97. The van der Waals surface area contributed by atoms with Crippen molar-refractivity contribution in [1.82, 2.24) is 0 Å². The molecule has 1 aliphatic rings. The molecule has 1 N–H and O–H groups in total. The van der Waals surface area contributed by atoms with Crippen LogP contribution in [-0.2, 0) is 14.8 Å². The van der Waals surface area contributed by atoms with Crippen molar-refractivity contribution >= 4 is 49.2 Å². The second kappa shape index (κ2) is 8.42. The molecule has 5 aromatic rings. The Hall–Kier alpha value is -4.30. The first-order valence-electron chi connectivity index (χ1n) is 11.5. The zero-order valence-electron chi connectivity index (χ0n) is 19.3. The number of rotatable bonds is 4. The third kappa shape index (κ3) is 3.76. The summed E-state index contributed by atoms with van der Waals surface area (Å²) in [6.07, 6.45) is -1.05. The number of hydrogen-bond donors (Lipinski definition) is 1. The number of benzene rings is 4. The van der Waals surface area contributed by atoms with Crippen molar-refractivity contribution in [2.24, 2.45) is 0 Å². The molecule has 8 heteroatoms. The Morgan fingerprint density at radius 3 is 2.47 bits per heavy atom. The maximum Gasteiger partial charge on any atom is 0.267 e. The van der Waals surface area contributed by atoms with Crippen LogP contribution in [-0.4, -0.2) is 27.0 Å². The zero-order valence-corrected chi connectivity index (χ0v) is 20.2. The summed E-state index contributed by atoms with van der Waals surface area (Å²) < 4.78 is 40.2. The monoisotopic (exact) mass is 498 g/mol. The van der Waals surface area contributed by atoms with E-state index in [0.717, 1.165) is 21.9 Å². The van der Waals surface area contributed by atoms with Gasteiger partial charge in [0.2, 0.25) is 0 Å². The SMILES string of the molecule is Cc1ccc2c(c1)O[C@@H](C(=O)Nc1ccc3c(c1)oc1ccccc13)CN2S(=O)(=O)c1ccccc1. The lowest BCUT2D eigenvalue weighted by Crippen LogP contribution is -2.48. The number of sulfonamides is 1. The van der Waals surface area contributed by atoms with Crippen LogP contribution in [0.15, 0.2) is 100 Å². The average molecular weight is 499 g/mol. The molecule has 0 unspecified atom stereocenters. The highest BCUT2D eigenvalue weighted by Crippen LogP contribution is 2.38. The molecule has 0 bridgehead atoms. The Labute approximate surface area is 208 Å². The van der Waals surface area contributed by atoms with E-state index in [9.17, 15) is 13.2 Å². The van der Waals surface area contributed by atoms with E-state index < -0.39 is 22.0 Å². The van der Waals surface area contributed by atoms with E-state index in [2.05, 4.69) is 5.32 Å². The van der Waals surface area contributed by atoms with Gasteiger partial charge in [-0.15, -0.1) is 0 Å².